The molecule has 2 heteroatoms. The number of aromatic hydroxyl groups is 1. The number of rotatable bonds is 5. The first-order chi connectivity index (χ1) is 7.25. The molecule has 1 fully saturated rings. The summed E-state index contributed by atoms with van der Waals surface area (Å²) in [6.45, 7) is 0. The third-order valence-corrected chi connectivity index (χ3v) is 3.07. The average Bonchev–Trinajstić information content (AvgIpc) is 3.04. The molecule has 15 heavy (non-hydrogen) atoms. The Morgan fingerprint density at radius 2 is 1.87 bits per heavy atom. The highest BCUT2D eigenvalue weighted by Gasteiger charge is 2.28. The molecule has 2 nitrogen and oxygen atoms in total. The number of hydrogen-bond donors (Lipinski definition) is 2. The summed E-state index contributed by atoms with van der Waals surface area (Å²) in [5.41, 5.74) is 1.23. The zero-order chi connectivity index (χ0) is 10.7. The minimum Gasteiger partial charge on any atom is -0.508 e. The lowest BCUT2D eigenvalue weighted by atomic mass is 10.0. The van der Waals surface area contributed by atoms with Gasteiger partial charge >= 0.3 is 0 Å². The van der Waals surface area contributed by atoms with Gasteiger partial charge in [-0.15, -0.1) is 0 Å². The standard InChI is InChI=1S/C13H18O2/c14-12-8-4-10(5-9-12)2-1-3-13(15)11-6-7-11/h4-5,8-9,11,13-15H,1-3,6-7H2. The van der Waals surface area contributed by atoms with Gasteiger partial charge in [-0.2, -0.15) is 0 Å². The van der Waals surface area contributed by atoms with Crippen LogP contribution >= 0.6 is 0 Å². The van der Waals surface area contributed by atoms with E-state index in [1.54, 1.807) is 12.1 Å². The van der Waals surface area contributed by atoms with Crippen molar-refractivity contribution in [3.63, 3.8) is 0 Å². The molecule has 2 rings (SSSR count). The number of phenols is 1. The molecule has 1 atom stereocenters. The van der Waals surface area contributed by atoms with Crippen molar-refractivity contribution in [3.8, 4) is 5.75 Å². The van der Waals surface area contributed by atoms with Crippen LogP contribution in [0.1, 0.15) is 31.2 Å². The molecule has 82 valence electrons. The van der Waals surface area contributed by atoms with Crippen LogP contribution < -0.4 is 0 Å². The zero-order valence-electron chi connectivity index (χ0n) is 8.89. The van der Waals surface area contributed by atoms with Crippen LogP contribution in [0.25, 0.3) is 0 Å². The number of aliphatic hydroxyl groups excluding tert-OH is 1. The second-order valence-electron chi connectivity index (χ2n) is 4.46. The molecule has 1 unspecified atom stereocenters. The summed E-state index contributed by atoms with van der Waals surface area (Å²) in [6.07, 6.45) is 5.26. The summed E-state index contributed by atoms with van der Waals surface area (Å²) in [7, 11) is 0. The van der Waals surface area contributed by atoms with E-state index in [1.807, 2.05) is 12.1 Å². The van der Waals surface area contributed by atoms with Crippen molar-refractivity contribution in [2.75, 3.05) is 0 Å². The maximum absolute atomic E-state index is 9.67. The predicted octanol–water partition coefficient (Wildman–Crippen LogP) is 2.49. The molecular formula is C13H18O2. The van der Waals surface area contributed by atoms with E-state index in [0.29, 0.717) is 11.7 Å². The monoisotopic (exact) mass is 206 g/mol. The number of phenolic OH excluding ortho intramolecular Hbond substituents is 1. The highest BCUT2D eigenvalue weighted by Crippen LogP contribution is 2.34. The first-order valence-electron chi connectivity index (χ1n) is 5.71. The van der Waals surface area contributed by atoms with Gasteiger partial charge in [0.15, 0.2) is 0 Å². The first-order valence-corrected chi connectivity index (χ1v) is 5.71. The number of aliphatic hydroxyl groups is 1. The van der Waals surface area contributed by atoms with Crippen LogP contribution in [0.3, 0.4) is 0 Å². The minimum atomic E-state index is -0.0814. The van der Waals surface area contributed by atoms with Crippen LogP contribution in [0.15, 0.2) is 24.3 Å². The van der Waals surface area contributed by atoms with Gasteiger partial charge in [0.1, 0.15) is 5.75 Å². The van der Waals surface area contributed by atoms with Crippen LogP contribution in [0.4, 0.5) is 0 Å². The van der Waals surface area contributed by atoms with Gasteiger partial charge in [0.2, 0.25) is 0 Å². The van der Waals surface area contributed by atoms with Crippen molar-refractivity contribution in [2.45, 2.75) is 38.2 Å². The Kier molecular flexibility index (Phi) is 3.27. The molecule has 0 heterocycles. The van der Waals surface area contributed by atoms with Crippen LogP contribution in [-0.2, 0) is 6.42 Å². The lowest BCUT2D eigenvalue weighted by Crippen LogP contribution is -2.08. The molecule has 1 saturated carbocycles. The van der Waals surface area contributed by atoms with Crippen LogP contribution in [0, 0.1) is 5.92 Å². The lowest BCUT2D eigenvalue weighted by Gasteiger charge is -2.08. The summed E-state index contributed by atoms with van der Waals surface area (Å²) in [4.78, 5) is 0. The van der Waals surface area contributed by atoms with E-state index in [4.69, 9.17) is 5.11 Å². The molecule has 0 amide bonds. The van der Waals surface area contributed by atoms with E-state index < -0.39 is 0 Å². The van der Waals surface area contributed by atoms with Crippen molar-refractivity contribution < 1.29 is 10.2 Å². The third kappa shape index (κ3) is 3.24. The fourth-order valence-electron chi connectivity index (χ4n) is 1.89. The second-order valence-corrected chi connectivity index (χ2v) is 4.46. The Morgan fingerprint density at radius 3 is 2.47 bits per heavy atom. The second kappa shape index (κ2) is 4.67. The molecule has 1 aromatic carbocycles. The van der Waals surface area contributed by atoms with Crippen LogP contribution in [0.5, 0.6) is 5.75 Å². The zero-order valence-corrected chi connectivity index (χ0v) is 8.89. The van der Waals surface area contributed by atoms with E-state index in [9.17, 15) is 5.11 Å². The van der Waals surface area contributed by atoms with E-state index in [1.165, 1.54) is 18.4 Å². The van der Waals surface area contributed by atoms with E-state index in [-0.39, 0.29) is 6.10 Å². The summed E-state index contributed by atoms with van der Waals surface area (Å²) < 4.78 is 0. The number of hydrogen-bond acceptors (Lipinski definition) is 2. The maximum atomic E-state index is 9.67. The largest absolute Gasteiger partial charge is 0.508 e. The van der Waals surface area contributed by atoms with Gasteiger partial charge in [-0.1, -0.05) is 12.1 Å². The summed E-state index contributed by atoms with van der Waals surface area (Å²) in [5.74, 6) is 0.904. The summed E-state index contributed by atoms with van der Waals surface area (Å²) >= 11 is 0. The van der Waals surface area contributed by atoms with Gasteiger partial charge in [0.25, 0.3) is 0 Å². The van der Waals surface area contributed by atoms with E-state index in [0.717, 1.165) is 19.3 Å². The quantitative estimate of drug-likeness (QED) is 0.777. The minimum absolute atomic E-state index is 0.0814. The molecule has 2 N–H and O–H groups in total. The van der Waals surface area contributed by atoms with Crippen molar-refractivity contribution in [2.24, 2.45) is 5.92 Å². The van der Waals surface area contributed by atoms with Crippen LogP contribution in [0.2, 0.25) is 0 Å². The van der Waals surface area contributed by atoms with Gasteiger partial charge in [-0.25, -0.2) is 0 Å². The maximum Gasteiger partial charge on any atom is 0.115 e. The van der Waals surface area contributed by atoms with Gasteiger partial charge in [0, 0.05) is 0 Å². The Morgan fingerprint density at radius 1 is 1.20 bits per heavy atom. The van der Waals surface area contributed by atoms with Crippen molar-refractivity contribution >= 4 is 0 Å². The Hall–Kier alpha value is -1.02. The molecule has 0 aromatic heterocycles. The highest BCUT2D eigenvalue weighted by molar-refractivity contribution is 5.25. The smallest absolute Gasteiger partial charge is 0.115 e. The summed E-state index contributed by atoms with van der Waals surface area (Å²) in [6, 6.07) is 7.32. The lowest BCUT2D eigenvalue weighted by molar-refractivity contribution is 0.139. The molecule has 1 aliphatic carbocycles. The SMILES string of the molecule is Oc1ccc(CCCC(O)C2CC2)cc1. The molecule has 0 spiro atoms. The Labute approximate surface area is 90.6 Å². The van der Waals surface area contributed by atoms with Crippen molar-refractivity contribution in [3.05, 3.63) is 29.8 Å². The third-order valence-electron chi connectivity index (χ3n) is 3.07. The number of benzene rings is 1. The topological polar surface area (TPSA) is 40.5 Å². The summed E-state index contributed by atoms with van der Waals surface area (Å²) in [5, 5.41) is 18.8. The molecule has 0 saturated heterocycles. The van der Waals surface area contributed by atoms with Crippen molar-refractivity contribution in [1.29, 1.82) is 0 Å². The van der Waals surface area contributed by atoms with Crippen molar-refractivity contribution in [1.82, 2.24) is 0 Å². The fourth-order valence-corrected chi connectivity index (χ4v) is 1.89. The van der Waals surface area contributed by atoms with Crippen LogP contribution in [-0.4, -0.2) is 16.3 Å². The average molecular weight is 206 g/mol. The normalized spacial score (nSPS) is 17.7. The highest BCUT2D eigenvalue weighted by atomic mass is 16.3. The molecular weight excluding hydrogens is 188 g/mol. The predicted molar refractivity (Wildman–Crippen MR) is 59.8 cm³/mol. The van der Waals surface area contributed by atoms with Gasteiger partial charge in [0.05, 0.1) is 6.10 Å². The number of aryl methyl sites for hydroxylation is 1. The molecule has 0 radical (unpaired) electrons. The Balaban J connectivity index is 1.70. The van der Waals surface area contributed by atoms with Gasteiger partial charge in [-0.3, -0.25) is 0 Å². The van der Waals surface area contributed by atoms with E-state index >= 15 is 0 Å². The molecule has 0 bridgehead atoms. The van der Waals surface area contributed by atoms with Gasteiger partial charge in [-0.05, 0) is 55.7 Å². The Bertz CT molecular complexity index is 301. The van der Waals surface area contributed by atoms with Gasteiger partial charge < -0.3 is 10.2 Å². The molecule has 1 aromatic rings. The molecule has 1 aliphatic rings. The molecule has 0 aliphatic heterocycles. The first kappa shape index (κ1) is 10.5. The van der Waals surface area contributed by atoms with E-state index in [2.05, 4.69) is 0 Å². The fraction of sp³-hybridized carbons (Fsp3) is 0.538.